The van der Waals surface area contributed by atoms with Gasteiger partial charge in [0.1, 0.15) is 0 Å². The van der Waals surface area contributed by atoms with Gasteiger partial charge in [-0.3, -0.25) is 4.68 Å². The SMILES string of the molecule is COCCn1cc(NCc2ccc(Br)cc2Cl)cn1. The van der Waals surface area contributed by atoms with E-state index in [0.717, 1.165) is 27.3 Å². The van der Waals surface area contributed by atoms with Crippen LogP contribution in [-0.4, -0.2) is 23.5 Å². The second kappa shape index (κ2) is 6.93. The van der Waals surface area contributed by atoms with Crippen LogP contribution in [0.1, 0.15) is 5.56 Å². The second-order valence-corrected chi connectivity index (χ2v) is 5.40. The summed E-state index contributed by atoms with van der Waals surface area (Å²) in [6, 6.07) is 5.86. The summed E-state index contributed by atoms with van der Waals surface area (Å²) >= 11 is 9.55. The molecule has 0 aliphatic rings. The van der Waals surface area contributed by atoms with Crippen LogP contribution in [0.4, 0.5) is 5.69 Å². The van der Waals surface area contributed by atoms with Crippen molar-refractivity contribution in [3.05, 3.63) is 45.7 Å². The van der Waals surface area contributed by atoms with Gasteiger partial charge in [-0.1, -0.05) is 33.6 Å². The topological polar surface area (TPSA) is 39.1 Å². The number of methoxy groups -OCH3 is 1. The van der Waals surface area contributed by atoms with Crippen molar-refractivity contribution in [1.82, 2.24) is 9.78 Å². The summed E-state index contributed by atoms with van der Waals surface area (Å²) in [4.78, 5) is 0. The van der Waals surface area contributed by atoms with Crippen LogP contribution in [0.5, 0.6) is 0 Å². The van der Waals surface area contributed by atoms with Crippen molar-refractivity contribution < 1.29 is 4.74 Å². The maximum absolute atomic E-state index is 6.16. The molecule has 4 nitrogen and oxygen atoms in total. The molecule has 0 saturated heterocycles. The summed E-state index contributed by atoms with van der Waals surface area (Å²) < 4.78 is 7.83. The van der Waals surface area contributed by atoms with Crippen molar-refractivity contribution in [2.75, 3.05) is 19.0 Å². The minimum Gasteiger partial charge on any atom is -0.383 e. The fraction of sp³-hybridized carbons (Fsp3) is 0.308. The number of nitrogens with one attached hydrogen (secondary N) is 1. The third-order valence-corrected chi connectivity index (χ3v) is 3.50. The summed E-state index contributed by atoms with van der Waals surface area (Å²) in [6.07, 6.45) is 3.74. The van der Waals surface area contributed by atoms with Crippen LogP contribution < -0.4 is 5.32 Å². The Bertz CT molecular complexity index is 544. The highest BCUT2D eigenvalue weighted by atomic mass is 79.9. The molecule has 0 spiro atoms. The van der Waals surface area contributed by atoms with Gasteiger partial charge in [0.25, 0.3) is 0 Å². The van der Waals surface area contributed by atoms with Crippen molar-refractivity contribution in [3.8, 4) is 0 Å². The Balaban J connectivity index is 1.92. The van der Waals surface area contributed by atoms with E-state index in [0.29, 0.717) is 13.2 Å². The molecule has 0 bridgehead atoms. The van der Waals surface area contributed by atoms with E-state index in [1.165, 1.54) is 0 Å². The Labute approximate surface area is 125 Å². The van der Waals surface area contributed by atoms with Gasteiger partial charge in [0, 0.05) is 29.3 Å². The molecule has 1 aromatic carbocycles. The first-order valence-corrected chi connectivity index (χ1v) is 7.05. The lowest BCUT2D eigenvalue weighted by molar-refractivity contribution is 0.183. The van der Waals surface area contributed by atoms with E-state index in [9.17, 15) is 0 Å². The van der Waals surface area contributed by atoms with Gasteiger partial charge in [-0.25, -0.2) is 0 Å². The monoisotopic (exact) mass is 343 g/mol. The lowest BCUT2D eigenvalue weighted by atomic mass is 10.2. The lowest BCUT2D eigenvalue weighted by Gasteiger charge is -2.06. The van der Waals surface area contributed by atoms with Crippen LogP contribution in [-0.2, 0) is 17.8 Å². The van der Waals surface area contributed by atoms with E-state index in [-0.39, 0.29) is 0 Å². The summed E-state index contributed by atoms with van der Waals surface area (Å²) in [5.41, 5.74) is 2.02. The smallest absolute Gasteiger partial charge is 0.0729 e. The Morgan fingerprint density at radius 1 is 1.47 bits per heavy atom. The average Bonchev–Trinajstić information content (AvgIpc) is 2.83. The fourth-order valence-corrected chi connectivity index (χ4v) is 2.36. The molecule has 6 heteroatoms. The molecule has 2 rings (SSSR count). The molecule has 1 heterocycles. The zero-order valence-corrected chi connectivity index (χ0v) is 12.9. The molecule has 0 atom stereocenters. The van der Waals surface area contributed by atoms with Crippen LogP contribution in [0.2, 0.25) is 5.02 Å². The molecular weight excluding hydrogens is 330 g/mol. The molecule has 2 aromatic rings. The molecule has 19 heavy (non-hydrogen) atoms. The van der Waals surface area contributed by atoms with E-state index in [1.807, 2.05) is 29.1 Å². The molecule has 1 N–H and O–H groups in total. The maximum Gasteiger partial charge on any atom is 0.0729 e. The summed E-state index contributed by atoms with van der Waals surface area (Å²) in [6.45, 7) is 2.07. The van der Waals surface area contributed by atoms with Crippen LogP contribution in [0.3, 0.4) is 0 Å². The summed E-state index contributed by atoms with van der Waals surface area (Å²) in [5, 5.41) is 8.27. The third kappa shape index (κ3) is 4.23. The quantitative estimate of drug-likeness (QED) is 0.871. The highest BCUT2D eigenvalue weighted by molar-refractivity contribution is 9.10. The van der Waals surface area contributed by atoms with Crippen molar-refractivity contribution in [1.29, 1.82) is 0 Å². The molecule has 0 fully saturated rings. The number of halogens is 2. The first-order valence-electron chi connectivity index (χ1n) is 5.88. The van der Waals surface area contributed by atoms with Crippen molar-refractivity contribution in [2.24, 2.45) is 0 Å². The van der Waals surface area contributed by atoms with Crippen LogP contribution in [0.25, 0.3) is 0 Å². The average molecular weight is 345 g/mol. The zero-order chi connectivity index (χ0) is 13.7. The third-order valence-electron chi connectivity index (χ3n) is 2.66. The molecule has 0 saturated carbocycles. The zero-order valence-electron chi connectivity index (χ0n) is 10.6. The number of rotatable bonds is 6. The standard InChI is InChI=1S/C13H15BrClN3O/c1-19-5-4-18-9-12(8-17-18)16-7-10-2-3-11(14)6-13(10)15/h2-3,6,8-9,16H,4-5,7H2,1H3. The molecule has 1 aromatic heterocycles. The Hall–Kier alpha value is -1.04. The van der Waals surface area contributed by atoms with E-state index in [2.05, 4.69) is 26.3 Å². The number of anilines is 1. The number of aromatic nitrogens is 2. The largest absolute Gasteiger partial charge is 0.383 e. The normalized spacial score (nSPS) is 10.7. The van der Waals surface area contributed by atoms with Gasteiger partial charge in [-0.2, -0.15) is 5.10 Å². The van der Waals surface area contributed by atoms with Crippen molar-refractivity contribution >= 4 is 33.2 Å². The summed E-state index contributed by atoms with van der Waals surface area (Å²) in [7, 11) is 1.68. The first-order chi connectivity index (χ1) is 9.19. The van der Waals surface area contributed by atoms with Gasteiger partial charge in [-0.05, 0) is 17.7 Å². The first kappa shape index (κ1) is 14.4. The van der Waals surface area contributed by atoms with Crippen molar-refractivity contribution in [2.45, 2.75) is 13.1 Å². The number of ether oxygens (including phenoxy) is 1. The van der Waals surface area contributed by atoms with Gasteiger partial charge in [0.05, 0.1) is 25.0 Å². The number of hydrogen-bond donors (Lipinski definition) is 1. The number of hydrogen-bond acceptors (Lipinski definition) is 3. The molecule has 0 amide bonds. The highest BCUT2D eigenvalue weighted by Crippen LogP contribution is 2.22. The van der Waals surface area contributed by atoms with E-state index in [1.54, 1.807) is 13.3 Å². The number of nitrogens with zero attached hydrogens (tertiary/aromatic N) is 2. The Morgan fingerprint density at radius 3 is 3.05 bits per heavy atom. The molecule has 0 aliphatic carbocycles. The van der Waals surface area contributed by atoms with Gasteiger partial charge >= 0.3 is 0 Å². The van der Waals surface area contributed by atoms with E-state index in [4.69, 9.17) is 16.3 Å². The molecule has 0 radical (unpaired) electrons. The molecule has 0 aliphatic heterocycles. The molecule has 0 unspecified atom stereocenters. The molecular formula is C13H15BrClN3O. The predicted molar refractivity (Wildman–Crippen MR) is 80.6 cm³/mol. The highest BCUT2D eigenvalue weighted by Gasteiger charge is 2.02. The minimum absolute atomic E-state index is 0.652. The molecule has 102 valence electrons. The lowest BCUT2D eigenvalue weighted by Crippen LogP contribution is -2.04. The van der Waals surface area contributed by atoms with Gasteiger partial charge in [-0.15, -0.1) is 0 Å². The fourth-order valence-electron chi connectivity index (χ4n) is 1.62. The van der Waals surface area contributed by atoms with Crippen molar-refractivity contribution in [3.63, 3.8) is 0 Å². The Morgan fingerprint density at radius 2 is 2.32 bits per heavy atom. The summed E-state index contributed by atoms with van der Waals surface area (Å²) in [5.74, 6) is 0. The van der Waals surface area contributed by atoms with Crippen LogP contribution >= 0.6 is 27.5 Å². The van der Waals surface area contributed by atoms with Gasteiger partial charge in [0.15, 0.2) is 0 Å². The van der Waals surface area contributed by atoms with Crippen LogP contribution in [0.15, 0.2) is 35.1 Å². The second-order valence-electron chi connectivity index (χ2n) is 4.07. The minimum atomic E-state index is 0.652. The van der Waals surface area contributed by atoms with E-state index >= 15 is 0 Å². The Kier molecular flexibility index (Phi) is 5.24. The number of benzene rings is 1. The maximum atomic E-state index is 6.16. The van der Waals surface area contributed by atoms with Crippen LogP contribution in [0, 0.1) is 0 Å². The predicted octanol–water partition coefficient (Wildman–Crippen LogP) is 3.56. The van der Waals surface area contributed by atoms with Gasteiger partial charge < -0.3 is 10.1 Å². The van der Waals surface area contributed by atoms with E-state index < -0.39 is 0 Å². The van der Waals surface area contributed by atoms with Gasteiger partial charge in [0.2, 0.25) is 0 Å².